The molecule has 0 spiro atoms. The summed E-state index contributed by atoms with van der Waals surface area (Å²) < 4.78 is 3.48. The van der Waals surface area contributed by atoms with Gasteiger partial charge in [0.1, 0.15) is 0 Å². The first-order valence-corrected chi connectivity index (χ1v) is 9.32. The lowest BCUT2D eigenvalue weighted by Gasteiger charge is -2.11. The van der Waals surface area contributed by atoms with E-state index in [1.165, 1.54) is 15.2 Å². The number of nitrogens with zero attached hydrogens (tertiary/aromatic N) is 2. The fourth-order valence-electron chi connectivity index (χ4n) is 3.05. The van der Waals surface area contributed by atoms with Gasteiger partial charge in [-0.25, -0.2) is 0 Å². The van der Waals surface area contributed by atoms with Crippen LogP contribution in [0.4, 0.5) is 5.69 Å². The van der Waals surface area contributed by atoms with Crippen molar-refractivity contribution in [3.05, 3.63) is 90.3 Å². The first kappa shape index (κ1) is 18.4. The molecule has 5 heteroatoms. The lowest BCUT2D eigenvalue weighted by molar-refractivity contribution is -0.384. The first-order chi connectivity index (χ1) is 12.4. The molecule has 0 aliphatic carbocycles. The largest absolute Gasteiger partial charge is 0.318 e. The average molecular weight is 458 g/mol. The normalized spacial score (nSPS) is 11.2. The number of nitro groups is 1. The lowest BCUT2D eigenvalue weighted by atomic mass is 10.1. The van der Waals surface area contributed by atoms with Crippen LogP contribution in [-0.2, 0) is 0 Å². The zero-order chi connectivity index (χ0) is 18.8. The summed E-state index contributed by atoms with van der Waals surface area (Å²) in [5, 5.41) is 10.9. The summed E-state index contributed by atoms with van der Waals surface area (Å²) in [6.45, 7) is 6.29. The highest BCUT2D eigenvalue weighted by Gasteiger charge is 2.10. The summed E-state index contributed by atoms with van der Waals surface area (Å²) in [7, 11) is 0. The molecule has 0 fully saturated rings. The van der Waals surface area contributed by atoms with Gasteiger partial charge in [0.05, 0.1) is 4.92 Å². The second-order valence-corrected chi connectivity index (χ2v) is 7.44. The Balaban J connectivity index is 1.96. The number of halogens is 1. The third kappa shape index (κ3) is 3.72. The molecule has 0 bridgehead atoms. The summed E-state index contributed by atoms with van der Waals surface area (Å²) in [5.41, 5.74) is 6.72. The quantitative estimate of drug-likeness (QED) is 0.270. The number of nitro benzene ring substituents is 1. The molecule has 2 aromatic carbocycles. The maximum atomic E-state index is 10.9. The summed E-state index contributed by atoms with van der Waals surface area (Å²) in [6, 6.07) is 15.2. The Kier molecular flexibility index (Phi) is 5.27. The monoisotopic (exact) mass is 458 g/mol. The van der Waals surface area contributed by atoms with Gasteiger partial charge in [0, 0.05) is 32.8 Å². The molecular formula is C21H19IN2O2. The Morgan fingerprint density at radius 1 is 1.04 bits per heavy atom. The molecule has 0 aliphatic rings. The average Bonchev–Trinajstić information content (AvgIpc) is 2.89. The summed E-state index contributed by atoms with van der Waals surface area (Å²) >= 11 is 2.34. The zero-order valence-corrected chi connectivity index (χ0v) is 17.0. The fourth-order valence-corrected chi connectivity index (χ4v) is 3.39. The molecule has 132 valence electrons. The predicted molar refractivity (Wildman–Crippen MR) is 115 cm³/mol. The van der Waals surface area contributed by atoms with Gasteiger partial charge in [0.15, 0.2) is 0 Å². The number of aromatic nitrogens is 1. The molecule has 0 saturated heterocycles. The Labute approximate surface area is 166 Å². The van der Waals surface area contributed by atoms with Gasteiger partial charge in [-0.2, -0.15) is 0 Å². The van der Waals surface area contributed by atoms with Crippen LogP contribution in [0.2, 0.25) is 0 Å². The zero-order valence-electron chi connectivity index (χ0n) is 14.9. The molecule has 0 radical (unpaired) electrons. The van der Waals surface area contributed by atoms with E-state index in [-0.39, 0.29) is 10.6 Å². The fraction of sp³-hybridized carbons (Fsp3) is 0.143. The molecule has 0 N–H and O–H groups in total. The molecule has 0 saturated carbocycles. The smallest absolute Gasteiger partial charge is 0.270 e. The number of rotatable bonds is 4. The van der Waals surface area contributed by atoms with E-state index in [0.717, 1.165) is 28.2 Å². The van der Waals surface area contributed by atoms with E-state index in [1.807, 2.05) is 18.2 Å². The molecule has 3 aromatic rings. The molecule has 0 aliphatic heterocycles. The maximum Gasteiger partial charge on any atom is 0.270 e. The van der Waals surface area contributed by atoms with Crippen molar-refractivity contribution < 1.29 is 4.92 Å². The van der Waals surface area contributed by atoms with Gasteiger partial charge in [0.2, 0.25) is 0 Å². The topological polar surface area (TPSA) is 48.1 Å². The van der Waals surface area contributed by atoms with Crippen LogP contribution in [0.3, 0.4) is 0 Å². The highest BCUT2D eigenvalue weighted by atomic mass is 127. The van der Waals surface area contributed by atoms with Gasteiger partial charge >= 0.3 is 0 Å². The van der Waals surface area contributed by atoms with Gasteiger partial charge in [-0.15, -0.1) is 0 Å². The molecule has 1 heterocycles. The van der Waals surface area contributed by atoms with Crippen molar-refractivity contribution >= 4 is 40.4 Å². The van der Waals surface area contributed by atoms with E-state index in [9.17, 15) is 10.1 Å². The molecule has 0 amide bonds. The van der Waals surface area contributed by atoms with Gasteiger partial charge in [-0.3, -0.25) is 10.1 Å². The van der Waals surface area contributed by atoms with E-state index in [2.05, 4.69) is 72.2 Å². The van der Waals surface area contributed by atoms with Gasteiger partial charge in [-0.1, -0.05) is 24.3 Å². The van der Waals surface area contributed by atoms with Crippen molar-refractivity contribution in [2.75, 3.05) is 0 Å². The van der Waals surface area contributed by atoms with E-state index < -0.39 is 0 Å². The van der Waals surface area contributed by atoms with Gasteiger partial charge < -0.3 is 4.57 Å². The third-order valence-corrected chi connectivity index (χ3v) is 5.62. The number of non-ortho nitro benzene ring substituents is 1. The second-order valence-electron chi connectivity index (χ2n) is 6.28. The Hall–Kier alpha value is -2.41. The third-order valence-electron chi connectivity index (χ3n) is 4.41. The number of aryl methyl sites for hydroxylation is 2. The summed E-state index contributed by atoms with van der Waals surface area (Å²) in [4.78, 5) is 10.5. The Bertz CT molecular complexity index is 1020. The van der Waals surface area contributed by atoms with Crippen LogP contribution >= 0.6 is 22.6 Å². The minimum atomic E-state index is -0.373. The minimum absolute atomic E-state index is 0.104. The standard InChI is InChI=1S/C21H19IN2O2/c1-14-11-19(9-10-21(14)22)23-15(2)12-18(16(23)3)8-7-17-5-4-6-20(13-17)24(25)26/h4-13H,1-3H3/b8-7+. The van der Waals surface area contributed by atoms with Crippen LogP contribution in [0.1, 0.15) is 28.1 Å². The van der Waals surface area contributed by atoms with E-state index in [1.54, 1.807) is 12.1 Å². The number of hydrogen-bond acceptors (Lipinski definition) is 2. The van der Waals surface area contributed by atoms with Crippen LogP contribution in [0.15, 0.2) is 48.5 Å². The van der Waals surface area contributed by atoms with E-state index in [4.69, 9.17) is 0 Å². The number of benzene rings is 2. The molecule has 0 unspecified atom stereocenters. The molecule has 0 atom stereocenters. The summed E-state index contributed by atoms with van der Waals surface area (Å²) in [5.74, 6) is 0. The highest BCUT2D eigenvalue weighted by Crippen LogP contribution is 2.25. The highest BCUT2D eigenvalue weighted by molar-refractivity contribution is 14.1. The second kappa shape index (κ2) is 7.45. The summed E-state index contributed by atoms with van der Waals surface area (Å²) in [6.07, 6.45) is 3.93. The van der Waals surface area contributed by atoms with Crippen molar-refractivity contribution in [1.29, 1.82) is 0 Å². The lowest BCUT2D eigenvalue weighted by Crippen LogP contribution is -2.00. The molecular weight excluding hydrogens is 439 g/mol. The van der Waals surface area contributed by atoms with E-state index >= 15 is 0 Å². The van der Waals surface area contributed by atoms with Crippen molar-refractivity contribution in [2.24, 2.45) is 0 Å². The molecule has 26 heavy (non-hydrogen) atoms. The van der Waals surface area contributed by atoms with Crippen LogP contribution < -0.4 is 0 Å². The van der Waals surface area contributed by atoms with Crippen molar-refractivity contribution in [3.8, 4) is 5.69 Å². The van der Waals surface area contributed by atoms with Gasteiger partial charge in [-0.05, 0) is 84.3 Å². The SMILES string of the molecule is Cc1cc(-n2c(C)cc(/C=C/c3cccc([N+](=O)[O-])c3)c2C)ccc1I. The number of hydrogen-bond donors (Lipinski definition) is 0. The van der Waals surface area contributed by atoms with Crippen LogP contribution in [-0.4, -0.2) is 9.49 Å². The van der Waals surface area contributed by atoms with E-state index in [0.29, 0.717) is 0 Å². The first-order valence-electron chi connectivity index (χ1n) is 8.25. The van der Waals surface area contributed by atoms with Crippen LogP contribution in [0.25, 0.3) is 17.8 Å². The van der Waals surface area contributed by atoms with Crippen LogP contribution in [0, 0.1) is 34.5 Å². The Morgan fingerprint density at radius 2 is 1.81 bits per heavy atom. The van der Waals surface area contributed by atoms with Gasteiger partial charge in [0.25, 0.3) is 5.69 Å². The predicted octanol–water partition coefficient (Wildman–Crippen LogP) is 6.09. The molecule has 3 rings (SSSR count). The minimum Gasteiger partial charge on any atom is -0.318 e. The molecule has 4 nitrogen and oxygen atoms in total. The van der Waals surface area contributed by atoms with Crippen molar-refractivity contribution in [1.82, 2.24) is 4.57 Å². The van der Waals surface area contributed by atoms with Crippen molar-refractivity contribution in [2.45, 2.75) is 20.8 Å². The maximum absolute atomic E-state index is 10.9. The van der Waals surface area contributed by atoms with Crippen molar-refractivity contribution in [3.63, 3.8) is 0 Å². The van der Waals surface area contributed by atoms with Crippen LogP contribution in [0.5, 0.6) is 0 Å². The molecule has 1 aromatic heterocycles. The Morgan fingerprint density at radius 3 is 2.50 bits per heavy atom.